The summed E-state index contributed by atoms with van der Waals surface area (Å²) in [4.78, 5) is 0. The van der Waals surface area contributed by atoms with Gasteiger partial charge in [-0.3, -0.25) is 0 Å². The minimum atomic E-state index is 0.0938. The van der Waals surface area contributed by atoms with Crippen LogP contribution in [0.1, 0.15) is 89.2 Å². The summed E-state index contributed by atoms with van der Waals surface area (Å²) in [7, 11) is 0. The van der Waals surface area contributed by atoms with Gasteiger partial charge in [0.25, 0.3) is 0 Å². The van der Waals surface area contributed by atoms with Crippen molar-refractivity contribution in [3.05, 3.63) is 23.3 Å². The van der Waals surface area contributed by atoms with E-state index in [-0.39, 0.29) is 11.5 Å². The van der Waals surface area contributed by atoms with E-state index in [1.807, 2.05) is 6.07 Å². The van der Waals surface area contributed by atoms with E-state index in [1.165, 1.54) is 37.7 Å². The largest absolute Gasteiger partial charge is 0.508 e. The molecule has 0 radical (unpaired) electrons. The molecule has 2 aliphatic rings. The summed E-state index contributed by atoms with van der Waals surface area (Å²) in [5.74, 6) is 1.83. The van der Waals surface area contributed by atoms with E-state index in [0.717, 1.165) is 30.6 Å². The van der Waals surface area contributed by atoms with E-state index in [0.29, 0.717) is 11.7 Å². The van der Waals surface area contributed by atoms with Crippen molar-refractivity contribution < 1.29 is 9.84 Å². The van der Waals surface area contributed by atoms with Crippen LogP contribution in [0.25, 0.3) is 0 Å². The van der Waals surface area contributed by atoms with E-state index >= 15 is 0 Å². The Labute approximate surface area is 134 Å². The lowest BCUT2D eigenvalue weighted by Crippen LogP contribution is -2.17. The first-order chi connectivity index (χ1) is 10.5. The highest BCUT2D eigenvalue weighted by molar-refractivity contribution is 5.54. The second-order valence-corrected chi connectivity index (χ2v) is 7.80. The van der Waals surface area contributed by atoms with E-state index in [1.54, 1.807) is 0 Å². The van der Waals surface area contributed by atoms with Crippen LogP contribution in [0, 0.1) is 0 Å². The number of benzene rings is 1. The van der Waals surface area contributed by atoms with Gasteiger partial charge in [0.15, 0.2) is 0 Å². The number of fused-ring (bicyclic) bond motifs is 3. The first-order valence-corrected chi connectivity index (χ1v) is 9.07. The molecule has 2 nitrogen and oxygen atoms in total. The summed E-state index contributed by atoms with van der Waals surface area (Å²) >= 11 is 0. The van der Waals surface area contributed by atoms with Gasteiger partial charge in [0.2, 0.25) is 0 Å². The lowest BCUT2D eigenvalue weighted by Gasteiger charge is -2.26. The van der Waals surface area contributed by atoms with Crippen molar-refractivity contribution in [2.24, 2.45) is 0 Å². The van der Waals surface area contributed by atoms with Crippen LogP contribution in [-0.4, -0.2) is 11.2 Å². The Bertz CT molecular complexity index is 533. The molecule has 0 aromatic heterocycles. The van der Waals surface area contributed by atoms with Crippen molar-refractivity contribution in [2.75, 3.05) is 0 Å². The predicted octanol–water partition coefficient (Wildman–Crippen LogP) is 5.67. The summed E-state index contributed by atoms with van der Waals surface area (Å²) in [5, 5.41) is 10.7. The van der Waals surface area contributed by atoms with Crippen molar-refractivity contribution in [3.63, 3.8) is 0 Å². The molecule has 1 aromatic rings. The number of aromatic hydroxyl groups is 1. The quantitative estimate of drug-likeness (QED) is 0.776. The molecular weight excluding hydrogens is 272 g/mol. The molecule has 22 heavy (non-hydrogen) atoms. The highest BCUT2D eigenvalue weighted by Gasteiger charge is 2.38. The third-order valence-electron chi connectivity index (χ3n) is 5.66. The first kappa shape index (κ1) is 15.7. The highest BCUT2D eigenvalue weighted by atomic mass is 16.5. The van der Waals surface area contributed by atoms with Gasteiger partial charge in [-0.2, -0.15) is 0 Å². The Kier molecular flexibility index (Phi) is 4.38. The average molecular weight is 302 g/mol. The minimum Gasteiger partial charge on any atom is -0.508 e. The molecule has 0 amide bonds. The van der Waals surface area contributed by atoms with Gasteiger partial charge in [-0.25, -0.2) is 0 Å². The third kappa shape index (κ3) is 2.85. The molecular formula is C20H30O2. The maximum atomic E-state index is 10.7. The molecule has 1 aromatic carbocycles. The number of ether oxygens (including phenoxy) is 1. The predicted molar refractivity (Wildman–Crippen MR) is 90.9 cm³/mol. The lowest BCUT2D eigenvalue weighted by molar-refractivity contribution is 0.196. The minimum absolute atomic E-state index is 0.0938. The first-order valence-electron chi connectivity index (χ1n) is 9.07. The SMILES string of the molecule is CCCCC(C)(C)c1cc(O)c2c(c1)OC1CCCCCC21. The molecule has 1 aliphatic carbocycles. The number of hydrogen-bond donors (Lipinski definition) is 1. The lowest BCUT2D eigenvalue weighted by atomic mass is 9.79. The molecule has 1 N–H and O–H groups in total. The molecule has 122 valence electrons. The Hall–Kier alpha value is -1.18. The molecule has 2 heteroatoms. The van der Waals surface area contributed by atoms with Gasteiger partial charge in [0.1, 0.15) is 17.6 Å². The molecule has 1 saturated carbocycles. The smallest absolute Gasteiger partial charge is 0.127 e. The van der Waals surface area contributed by atoms with E-state index in [9.17, 15) is 5.11 Å². The Morgan fingerprint density at radius 1 is 1.18 bits per heavy atom. The zero-order valence-corrected chi connectivity index (χ0v) is 14.3. The second kappa shape index (κ2) is 6.14. The molecule has 1 aliphatic heterocycles. The molecule has 0 spiro atoms. The molecule has 3 rings (SSSR count). The number of unbranched alkanes of at least 4 members (excludes halogenated alkanes) is 1. The molecule has 2 unspecified atom stereocenters. The van der Waals surface area contributed by atoms with Gasteiger partial charge < -0.3 is 9.84 Å². The average Bonchev–Trinajstić information content (AvgIpc) is 2.68. The Morgan fingerprint density at radius 3 is 2.73 bits per heavy atom. The van der Waals surface area contributed by atoms with E-state index < -0.39 is 0 Å². The standard InChI is InChI=1S/C20H30O2/c1-4-5-11-20(2,3)14-12-16(21)19-15-9-7-6-8-10-17(15)22-18(19)13-14/h12-13,15,17,21H,4-11H2,1-3H3. The van der Waals surface area contributed by atoms with Crippen molar-refractivity contribution in [3.8, 4) is 11.5 Å². The molecule has 2 atom stereocenters. The fraction of sp³-hybridized carbons (Fsp3) is 0.700. The van der Waals surface area contributed by atoms with Crippen LogP contribution in [0.2, 0.25) is 0 Å². The van der Waals surface area contributed by atoms with E-state index in [2.05, 4.69) is 26.8 Å². The van der Waals surface area contributed by atoms with Crippen LogP contribution in [-0.2, 0) is 5.41 Å². The fourth-order valence-electron chi connectivity index (χ4n) is 4.14. The van der Waals surface area contributed by atoms with Crippen molar-refractivity contribution in [2.45, 2.75) is 89.6 Å². The summed E-state index contributed by atoms with van der Waals surface area (Å²) < 4.78 is 6.25. The van der Waals surface area contributed by atoms with Gasteiger partial charge in [-0.1, -0.05) is 46.5 Å². The van der Waals surface area contributed by atoms with Gasteiger partial charge in [-0.15, -0.1) is 0 Å². The van der Waals surface area contributed by atoms with Crippen LogP contribution in [0.15, 0.2) is 12.1 Å². The Morgan fingerprint density at radius 2 is 1.95 bits per heavy atom. The summed E-state index contributed by atoms with van der Waals surface area (Å²) in [6.45, 7) is 6.78. The maximum absolute atomic E-state index is 10.7. The fourth-order valence-corrected chi connectivity index (χ4v) is 4.14. The van der Waals surface area contributed by atoms with Crippen molar-refractivity contribution >= 4 is 0 Å². The van der Waals surface area contributed by atoms with Gasteiger partial charge in [-0.05, 0) is 48.8 Å². The number of hydrogen-bond acceptors (Lipinski definition) is 2. The van der Waals surface area contributed by atoms with Crippen LogP contribution < -0.4 is 4.74 Å². The second-order valence-electron chi connectivity index (χ2n) is 7.80. The number of rotatable bonds is 4. The number of phenols is 1. The van der Waals surface area contributed by atoms with Gasteiger partial charge >= 0.3 is 0 Å². The van der Waals surface area contributed by atoms with Crippen LogP contribution in [0.5, 0.6) is 11.5 Å². The third-order valence-corrected chi connectivity index (χ3v) is 5.66. The van der Waals surface area contributed by atoms with Crippen molar-refractivity contribution in [1.82, 2.24) is 0 Å². The molecule has 1 fully saturated rings. The maximum Gasteiger partial charge on any atom is 0.127 e. The normalized spacial score (nSPS) is 24.3. The number of phenolic OH excluding ortho intramolecular Hbond substituents is 1. The van der Waals surface area contributed by atoms with Crippen LogP contribution in [0.4, 0.5) is 0 Å². The monoisotopic (exact) mass is 302 g/mol. The zero-order chi connectivity index (χ0) is 15.7. The summed E-state index contributed by atoms with van der Waals surface area (Å²) in [6, 6.07) is 4.21. The van der Waals surface area contributed by atoms with Crippen molar-refractivity contribution in [1.29, 1.82) is 0 Å². The van der Waals surface area contributed by atoms with Crippen LogP contribution in [0.3, 0.4) is 0 Å². The van der Waals surface area contributed by atoms with Gasteiger partial charge in [0, 0.05) is 11.5 Å². The van der Waals surface area contributed by atoms with Crippen LogP contribution >= 0.6 is 0 Å². The molecule has 1 heterocycles. The summed E-state index contributed by atoms with van der Waals surface area (Å²) in [6.07, 6.45) is 9.97. The summed E-state index contributed by atoms with van der Waals surface area (Å²) in [5.41, 5.74) is 2.40. The van der Waals surface area contributed by atoms with Gasteiger partial charge in [0.05, 0.1) is 0 Å². The zero-order valence-electron chi connectivity index (χ0n) is 14.3. The topological polar surface area (TPSA) is 29.5 Å². The van der Waals surface area contributed by atoms with E-state index in [4.69, 9.17) is 4.74 Å². The molecule has 0 saturated heterocycles. The highest BCUT2D eigenvalue weighted by Crippen LogP contribution is 2.50. The Balaban J connectivity index is 1.92. The molecule has 0 bridgehead atoms.